The molecule has 1 nitrogen and oxygen atoms in total. The summed E-state index contributed by atoms with van der Waals surface area (Å²) < 4.78 is 0. The molecule has 1 unspecified atom stereocenters. The van der Waals surface area contributed by atoms with Gasteiger partial charge < -0.3 is 5.32 Å². The van der Waals surface area contributed by atoms with E-state index in [-0.39, 0.29) is 0 Å². The van der Waals surface area contributed by atoms with Gasteiger partial charge in [0.15, 0.2) is 0 Å². The first-order valence-electron chi connectivity index (χ1n) is 6.97. The molecule has 1 saturated carbocycles. The van der Waals surface area contributed by atoms with Gasteiger partial charge in [0.1, 0.15) is 0 Å². The first-order valence-corrected chi connectivity index (χ1v) is 6.97. The molecule has 0 spiro atoms. The fourth-order valence-corrected chi connectivity index (χ4v) is 2.87. The monoisotopic (exact) mass is 211 g/mol. The lowest BCUT2D eigenvalue weighted by Crippen LogP contribution is -2.35. The van der Waals surface area contributed by atoms with Gasteiger partial charge >= 0.3 is 0 Å². The van der Waals surface area contributed by atoms with E-state index in [1.54, 1.807) is 0 Å². The smallest absolute Gasteiger partial charge is 0.00952 e. The molecule has 1 atom stereocenters. The summed E-state index contributed by atoms with van der Waals surface area (Å²) in [4.78, 5) is 0. The third-order valence-corrected chi connectivity index (χ3v) is 3.73. The lowest BCUT2D eigenvalue weighted by Gasteiger charge is -2.24. The van der Waals surface area contributed by atoms with Crippen LogP contribution in [0.25, 0.3) is 0 Å². The van der Waals surface area contributed by atoms with E-state index >= 15 is 0 Å². The van der Waals surface area contributed by atoms with Crippen molar-refractivity contribution in [2.75, 3.05) is 6.54 Å². The van der Waals surface area contributed by atoms with Crippen LogP contribution in [-0.2, 0) is 0 Å². The van der Waals surface area contributed by atoms with Gasteiger partial charge in [-0.05, 0) is 37.6 Å². The Morgan fingerprint density at radius 3 is 2.33 bits per heavy atom. The highest BCUT2D eigenvalue weighted by Crippen LogP contribution is 2.30. The summed E-state index contributed by atoms with van der Waals surface area (Å²) in [6.07, 6.45) is 10.1. The van der Waals surface area contributed by atoms with Crippen molar-refractivity contribution in [1.82, 2.24) is 5.32 Å². The Bertz CT molecular complexity index is 147. The molecule has 0 aromatic carbocycles. The molecule has 90 valence electrons. The third-order valence-electron chi connectivity index (χ3n) is 3.73. The van der Waals surface area contributed by atoms with Gasteiger partial charge in [-0.2, -0.15) is 0 Å². The van der Waals surface area contributed by atoms with Crippen LogP contribution in [0.3, 0.4) is 0 Å². The van der Waals surface area contributed by atoms with Crippen molar-refractivity contribution in [3.8, 4) is 0 Å². The molecule has 0 aromatic heterocycles. The van der Waals surface area contributed by atoms with Crippen LogP contribution in [0.15, 0.2) is 0 Å². The Hall–Kier alpha value is -0.0400. The fraction of sp³-hybridized carbons (Fsp3) is 1.00. The van der Waals surface area contributed by atoms with Crippen LogP contribution in [0.1, 0.15) is 65.7 Å². The number of hydrogen-bond acceptors (Lipinski definition) is 1. The highest BCUT2D eigenvalue weighted by Gasteiger charge is 2.23. The minimum absolute atomic E-state index is 0.816. The second kappa shape index (κ2) is 7.27. The molecule has 1 heteroatoms. The van der Waals surface area contributed by atoms with Gasteiger partial charge in [-0.3, -0.25) is 0 Å². The van der Waals surface area contributed by atoms with Crippen molar-refractivity contribution in [3.05, 3.63) is 0 Å². The highest BCUT2D eigenvalue weighted by atomic mass is 14.9. The van der Waals surface area contributed by atoms with E-state index < -0.39 is 0 Å². The van der Waals surface area contributed by atoms with Crippen LogP contribution in [0, 0.1) is 11.8 Å². The van der Waals surface area contributed by atoms with Crippen LogP contribution in [0.4, 0.5) is 0 Å². The quantitative estimate of drug-likeness (QED) is 0.671. The van der Waals surface area contributed by atoms with Gasteiger partial charge in [-0.1, -0.05) is 46.5 Å². The molecule has 1 N–H and O–H groups in total. The molecular formula is C14H29N. The normalized spacial score (nSPS) is 20.0. The Balaban J connectivity index is 2.23. The minimum atomic E-state index is 0.816. The zero-order valence-electron chi connectivity index (χ0n) is 10.9. The SMILES string of the molecule is CCNC(CCCC(C)C)C1CCCC1. The minimum Gasteiger partial charge on any atom is -0.314 e. The van der Waals surface area contributed by atoms with Gasteiger partial charge in [0.25, 0.3) is 0 Å². The van der Waals surface area contributed by atoms with Crippen molar-refractivity contribution in [1.29, 1.82) is 0 Å². The second-order valence-corrected chi connectivity index (χ2v) is 5.53. The van der Waals surface area contributed by atoms with E-state index in [9.17, 15) is 0 Å². The van der Waals surface area contributed by atoms with E-state index in [1.807, 2.05) is 0 Å². The third kappa shape index (κ3) is 5.01. The van der Waals surface area contributed by atoms with Gasteiger partial charge in [0.2, 0.25) is 0 Å². The molecule has 0 amide bonds. The molecule has 15 heavy (non-hydrogen) atoms. The van der Waals surface area contributed by atoms with Gasteiger partial charge in [0, 0.05) is 6.04 Å². The fourth-order valence-electron chi connectivity index (χ4n) is 2.87. The summed E-state index contributed by atoms with van der Waals surface area (Å²) in [6, 6.07) is 0.816. The van der Waals surface area contributed by atoms with Crippen molar-refractivity contribution < 1.29 is 0 Å². The summed E-state index contributed by atoms with van der Waals surface area (Å²) in [5.74, 6) is 1.85. The summed E-state index contributed by atoms with van der Waals surface area (Å²) in [5.41, 5.74) is 0. The van der Waals surface area contributed by atoms with Gasteiger partial charge in [-0.15, -0.1) is 0 Å². The van der Waals surface area contributed by atoms with E-state index in [2.05, 4.69) is 26.1 Å². The topological polar surface area (TPSA) is 12.0 Å². The predicted molar refractivity (Wildman–Crippen MR) is 68.1 cm³/mol. The van der Waals surface area contributed by atoms with Crippen molar-refractivity contribution in [3.63, 3.8) is 0 Å². The lowest BCUT2D eigenvalue weighted by molar-refractivity contribution is 0.330. The largest absolute Gasteiger partial charge is 0.314 e. The predicted octanol–water partition coefficient (Wildman–Crippen LogP) is 3.98. The van der Waals surface area contributed by atoms with Gasteiger partial charge in [-0.25, -0.2) is 0 Å². The average molecular weight is 211 g/mol. The summed E-state index contributed by atoms with van der Waals surface area (Å²) >= 11 is 0. The van der Waals surface area contributed by atoms with Crippen molar-refractivity contribution in [2.24, 2.45) is 11.8 Å². The highest BCUT2D eigenvalue weighted by molar-refractivity contribution is 4.80. The Labute approximate surface area is 96.0 Å². The van der Waals surface area contributed by atoms with E-state index in [1.165, 1.54) is 44.9 Å². The van der Waals surface area contributed by atoms with Crippen molar-refractivity contribution in [2.45, 2.75) is 71.8 Å². The van der Waals surface area contributed by atoms with E-state index in [4.69, 9.17) is 0 Å². The zero-order chi connectivity index (χ0) is 11.1. The van der Waals surface area contributed by atoms with Crippen molar-refractivity contribution >= 4 is 0 Å². The number of nitrogens with one attached hydrogen (secondary N) is 1. The van der Waals surface area contributed by atoms with E-state index in [0.29, 0.717) is 0 Å². The summed E-state index contributed by atoms with van der Waals surface area (Å²) in [5, 5.41) is 3.70. The number of rotatable bonds is 7. The first-order chi connectivity index (χ1) is 7.24. The van der Waals surface area contributed by atoms with Crippen LogP contribution < -0.4 is 5.32 Å². The first kappa shape index (κ1) is 13.0. The van der Waals surface area contributed by atoms with E-state index in [0.717, 1.165) is 24.4 Å². The molecule has 1 aliphatic carbocycles. The molecule has 0 radical (unpaired) electrons. The van der Waals surface area contributed by atoms with Gasteiger partial charge in [0.05, 0.1) is 0 Å². The molecule has 1 rings (SSSR count). The molecule has 0 bridgehead atoms. The maximum Gasteiger partial charge on any atom is 0.00952 e. The maximum absolute atomic E-state index is 3.70. The van der Waals surface area contributed by atoms with Crippen LogP contribution in [0.5, 0.6) is 0 Å². The Morgan fingerprint density at radius 2 is 1.80 bits per heavy atom. The average Bonchev–Trinajstić information content (AvgIpc) is 2.68. The maximum atomic E-state index is 3.70. The molecule has 0 heterocycles. The molecule has 1 aliphatic rings. The Kier molecular flexibility index (Phi) is 6.31. The zero-order valence-corrected chi connectivity index (χ0v) is 10.9. The molecular weight excluding hydrogens is 182 g/mol. The van der Waals surface area contributed by atoms with Crippen LogP contribution >= 0.6 is 0 Å². The molecule has 0 aromatic rings. The molecule has 0 aliphatic heterocycles. The summed E-state index contributed by atoms with van der Waals surface area (Å²) in [6.45, 7) is 8.04. The number of hydrogen-bond donors (Lipinski definition) is 1. The Morgan fingerprint density at radius 1 is 1.13 bits per heavy atom. The molecule has 0 saturated heterocycles. The summed E-state index contributed by atoms with van der Waals surface area (Å²) in [7, 11) is 0. The lowest BCUT2D eigenvalue weighted by atomic mass is 9.92. The molecule has 1 fully saturated rings. The van der Waals surface area contributed by atoms with Crippen LogP contribution in [0.2, 0.25) is 0 Å². The second-order valence-electron chi connectivity index (χ2n) is 5.53. The standard InChI is InChI=1S/C14H29N/c1-4-15-14(11-7-8-12(2)3)13-9-5-6-10-13/h12-15H,4-11H2,1-3H3. The van der Waals surface area contributed by atoms with Crippen LogP contribution in [-0.4, -0.2) is 12.6 Å².